The summed E-state index contributed by atoms with van der Waals surface area (Å²) in [4.78, 5) is 32.9. The number of nitrogens with zero attached hydrogens (tertiary/aromatic N) is 2. The molecule has 1 aliphatic rings. The van der Waals surface area contributed by atoms with Gasteiger partial charge in [0.05, 0.1) is 16.3 Å². The lowest BCUT2D eigenvalue weighted by Crippen LogP contribution is -2.29. The zero-order valence-electron chi connectivity index (χ0n) is 13.4. The van der Waals surface area contributed by atoms with E-state index in [1.807, 2.05) is 24.4 Å². The summed E-state index contributed by atoms with van der Waals surface area (Å²) >= 11 is 7.46. The number of aryl methyl sites for hydroxylation is 1. The average molecular weight is 372 g/mol. The van der Waals surface area contributed by atoms with Gasteiger partial charge in [-0.25, -0.2) is 4.98 Å². The van der Waals surface area contributed by atoms with Gasteiger partial charge in [-0.2, -0.15) is 0 Å². The van der Waals surface area contributed by atoms with Gasteiger partial charge in [-0.05, 0) is 37.1 Å². The molecule has 126 valence electrons. The van der Waals surface area contributed by atoms with Crippen molar-refractivity contribution in [3.05, 3.63) is 67.4 Å². The number of pyridine rings is 1. The molecule has 3 aromatic rings. The highest BCUT2D eigenvalue weighted by Crippen LogP contribution is 2.33. The standard InChI is InChI=1S/C18H14ClN3O2S/c1-10-21-15(9-25-10)11-2-3-16-12(6-11)4-5-22(16)18(24)13-7-14(19)17(23)20-8-13/h2-3,6-9H,4-5H2,1H3,(H,20,23). The fourth-order valence-electron chi connectivity index (χ4n) is 3.00. The maximum atomic E-state index is 12.8. The Kier molecular flexibility index (Phi) is 3.94. The molecule has 0 saturated carbocycles. The molecular formula is C18H14ClN3O2S. The summed E-state index contributed by atoms with van der Waals surface area (Å²) in [6.45, 7) is 2.59. The molecule has 0 fully saturated rings. The molecule has 2 aromatic heterocycles. The van der Waals surface area contributed by atoms with Crippen LogP contribution in [-0.2, 0) is 6.42 Å². The molecule has 4 rings (SSSR count). The van der Waals surface area contributed by atoms with Crippen LogP contribution < -0.4 is 10.5 Å². The number of aromatic amines is 1. The molecule has 0 atom stereocenters. The third-order valence-corrected chi connectivity index (χ3v) is 5.29. The van der Waals surface area contributed by atoms with Gasteiger partial charge in [0.15, 0.2) is 0 Å². The molecule has 25 heavy (non-hydrogen) atoms. The third-order valence-electron chi connectivity index (χ3n) is 4.24. The van der Waals surface area contributed by atoms with Crippen LogP contribution in [0.15, 0.2) is 40.6 Å². The second kappa shape index (κ2) is 6.13. The van der Waals surface area contributed by atoms with Crippen LogP contribution in [0, 0.1) is 6.92 Å². The number of H-pyrrole nitrogens is 1. The van der Waals surface area contributed by atoms with E-state index in [1.165, 1.54) is 12.3 Å². The molecule has 0 bridgehead atoms. The van der Waals surface area contributed by atoms with Crippen LogP contribution in [0.2, 0.25) is 5.02 Å². The number of anilines is 1. The quantitative estimate of drug-likeness (QED) is 0.747. The van der Waals surface area contributed by atoms with E-state index in [4.69, 9.17) is 11.6 Å². The van der Waals surface area contributed by atoms with Crippen molar-refractivity contribution in [1.29, 1.82) is 0 Å². The molecule has 5 nitrogen and oxygen atoms in total. The molecule has 0 unspecified atom stereocenters. The number of halogens is 1. The summed E-state index contributed by atoms with van der Waals surface area (Å²) in [5.74, 6) is -0.172. The van der Waals surface area contributed by atoms with E-state index >= 15 is 0 Å². The van der Waals surface area contributed by atoms with Crippen LogP contribution in [-0.4, -0.2) is 22.4 Å². The monoisotopic (exact) mass is 371 g/mol. The van der Waals surface area contributed by atoms with Gasteiger partial charge in [-0.1, -0.05) is 17.7 Å². The first-order valence-corrected chi connectivity index (χ1v) is 9.04. The number of fused-ring (bicyclic) bond motifs is 1. The predicted molar refractivity (Wildman–Crippen MR) is 99.7 cm³/mol. The summed E-state index contributed by atoms with van der Waals surface area (Å²) in [5, 5.41) is 3.08. The molecule has 0 spiro atoms. The second-order valence-electron chi connectivity index (χ2n) is 5.87. The van der Waals surface area contributed by atoms with Crippen LogP contribution in [0.4, 0.5) is 5.69 Å². The van der Waals surface area contributed by atoms with Crippen molar-refractivity contribution in [2.75, 3.05) is 11.4 Å². The second-order valence-corrected chi connectivity index (χ2v) is 7.34. The Balaban J connectivity index is 1.66. The lowest BCUT2D eigenvalue weighted by atomic mass is 10.1. The Bertz CT molecular complexity index is 1040. The molecule has 0 aliphatic carbocycles. The van der Waals surface area contributed by atoms with Crippen LogP contribution >= 0.6 is 22.9 Å². The maximum absolute atomic E-state index is 12.8. The summed E-state index contributed by atoms with van der Waals surface area (Å²) < 4.78 is 0. The van der Waals surface area contributed by atoms with E-state index in [0.717, 1.165) is 33.9 Å². The van der Waals surface area contributed by atoms with Crippen LogP contribution in [0.1, 0.15) is 20.9 Å². The largest absolute Gasteiger partial charge is 0.327 e. The summed E-state index contributed by atoms with van der Waals surface area (Å²) in [6.07, 6.45) is 2.19. The van der Waals surface area contributed by atoms with Crippen molar-refractivity contribution < 1.29 is 4.79 Å². The number of benzene rings is 1. The fraction of sp³-hybridized carbons (Fsp3) is 0.167. The van der Waals surface area contributed by atoms with Gasteiger partial charge in [0.2, 0.25) is 0 Å². The van der Waals surface area contributed by atoms with Crippen molar-refractivity contribution in [2.45, 2.75) is 13.3 Å². The highest BCUT2D eigenvalue weighted by atomic mass is 35.5. The average Bonchev–Trinajstić information content (AvgIpc) is 3.22. The number of rotatable bonds is 2. The first-order chi connectivity index (χ1) is 12.0. The van der Waals surface area contributed by atoms with Crippen molar-refractivity contribution in [3.8, 4) is 11.3 Å². The Labute approximate surface area is 152 Å². The molecule has 1 N–H and O–H groups in total. The molecule has 1 aromatic carbocycles. The molecule has 0 saturated heterocycles. The van der Waals surface area contributed by atoms with E-state index in [-0.39, 0.29) is 10.9 Å². The van der Waals surface area contributed by atoms with Gasteiger partial charge in [-0.3, -0.25) is 9.59 Å². The Morgan fingerprint density at radius 3 is 2.92 bits per heavy atom. The molecule has 1 aliphatic heterocycles. The van der Waals surface area contributed by atoms with Gasteiger partial charge in [0.25, 0.3) is 11.5 Å². The lowest BCUT2D eigenvalue weighted by Gasteiger charge is -2.17. The van der Waals surface area contributed by atoms with E-state index in [0.29, 0.717) is 12.1 Å². The highest BCUT2D eigenvalue weighted by molar-refractivity contribution is 7.09. The van der Waals surface area contributed by atoms with Crippen LogP contribution in [0.25, 0.3) is 11.3 Å². The number of amides is 1. The van der Waals surface area contributed by atoms with Gasteiger partial charge in [0, 0.05) is 29.4 Å². The Hall–Kier alpha value is -2.44. The molecule has 7 heteroatoms. The lowest BCUT2D eigenvalue weighted by molar-refractivity contribution is 0.0989. The summed E-state index contributed by atoms with van der Waals surface area (Å²) in [6, 6.07) is 7.44. The number of nitrogens with one attached hydrogen (secondary N) is 1. The number of hydrogen-bond donors (Lipinski definition) is 1. The minimum Gasteiger partial charge on any atom is -0.327 e. The Morgan fingerprint density at radius 2 is 2.20 bits per heavy atom. The number of carbonyl (C=O) groups is 1. The van der Waals surface area contributed by atoms with Crippen LogP contribution in [0.3, 0.4) is 0 Å². The van der Waals surface area contributed by atoms with Gasteiger partial charge in [-0.15, -0.1) is 11.3 Å². The van der Waals surface area contributed by atoms with E-state index in [9.17, 15) is 9.59 Å². The normalized spacial score (nSPS) is 13.1. The zero-order valence-corrected chi connectivity index (χ0v) is 14.9. The van der Waals surface area contributed by atoms with Crippen molar-refractivity contribution >= 4 is 34.5 Å². The topological polar surface area (TPSA) is 66.1 Å². The van der Waals surface area contributed by atoms with E-state index in [2.05, 4.69) is 16.0 Å². The van der Waals surface area contributed by atoms with Crippen molar-refractivity contribution in [3.63, 3.8) is 0 Å². The van der Waals surface area contributed by atoms with Crippen molar-refractivity contribution in [1.82, 2.24) is 9.97 Å². The summed E-state index contributed by atoms with van der Waals surface area (Å²) in [5.41, 5.74) is 4.00. The molecular weight excluding hydrogens is 358 g/mol. The minimum atomic E-state index is -0.400. The van der Waals surface area contributed by atoms with E-state index < -0.39 is 5.56 Å². The van der Waals surface area contributed by atoms with E-state index in [1.54, 1.807) is 16.2 Å². The SMILES string of the molecule is Cc1nc(-c2ccc3c(c2)CCN3C(=O)c2c[nH]c(=O)c(Cl)c2)cs1. The predicted octanol–water partition coefficient (Wildman–Crippen LogP) is 3.66. The van der Waals surface area contributed by atoms with Crippen LogP contribution in [0.5, 0.6) is 0 Å². The third kappa shape index (κ3) is 2.88. The molecule has 1 amide bonds. The number of hydrogen-bond acceptors (Lipinski definition) is 4. The molecule has 0 radical (unpaired) electrons. The fourth-order valence-corrected chi connectivity index (χ4v) is 3.80. The maximum Gasteiger partial charge on any atom is 0.266 e. The molecule has 3 heterocycles. The number of carbonyl (C=O) groups excluding carboxylic acids is 1. The number of aromatic nitrogens is 2. The highest BCUT2D eigenvalue weighted by Gasteiger charge is 2.26. The zero-order chi connectivity index (χ0) is 17.6. The smallest absolute Gasteiger partial charge is 0.266 e. The van der Waals surface area contributed by atoms with Gasteiger partial charge >= 0.3 is 0 Å². The van der Waals surface area contributed by atoms with Gasteiger partial charge in [0.1, 0.15) is 5.02 Å². The first kappa shape index (κ1) is 16.1. The first-order valence-electron chi connectivity index (χ1n) is 7.78. The van der Waals surface area contributed by atoms with Crippen molar-refractivity contribution in [2.24, 2.45) is 0 Å². The minimum absolute atomic E-state index is 0.0134. The Morgan fingerprint density at radius 1 is 1.36 bits per heavy atom. The summed E-state index contributed by atoms with van der Waals surface area (Å²) in [7, 11) is 0. The van der Waals surface area contributed by atoms with Gasteiger partial charge < -0.3 is 9.88 Å². The number of thiazole rings is 1.